The number of aldehydes is 1. The third kappa shape index (κ3) is 2.18. The van der Waals surface area contributed by atoms with Crippen molar-refractivity contribution in [3.63, 3.8) is 0 Å². The molecule has 0 bridgehead atoms. The lowest BCUT2D eigenvalue weighted by atomic mass is 9.85. The molecule has 16 heavy (non-hydrogen) atoms. The van der Waals surface area contributed by atoms with Crippen LogP contribution in [0.15, 0.2) is 18.2 Å². The Morgan fingerprint density at radius 2 is 2.06 bits per heavy atom. The van der Waals surface area contributed by atoms with Crippen molar-refractivity contribution in [2.24, 2.45) is 0 Å². The van der Waals surface area contributed by atoms with Gasteiger partial charge in [-0.1, -0.05) is 0 Å². The molecule has 0 spiro atoms. The lowest BCUT2D eigenvalue weighted by Crippen LogP contribution is -2.19. The van der Waals surface area contributed by atoms with Crippen LogP contribution in [0.25, 0.3) is 0 Å². The molecule has 1 aromatic rings. The van der Waals surface area contributed by atoms with Crippen LogP contribution in [0.5, 0.6) is 5.75 Å². The summed E-state index contributed by atoms with van der Waals surface area (Å²) >= 11 is 0. The van der Waals surface area contributed by atoms with Crippen LogP contribution >= 0.6 is 0 Å². The molecule has 0 amide bonds. The quantitative estimate of drug-likeness (QED) is 0.445. The molecule has 0 radical (unpaired) electrons. The summed E-state index contributed by atoms with van der Waals surface area (Å²) in [4.78, 5) is 21.1. The monoisotopic (exact) mass is 223 g/mol. The van der Waals surface area contributed by atoms with Crippen molar-refractivity contribution in [1.29, 1.82) is 0 Å². The number of carbonyl (C=O) groups excluding carboxylic acids is 1. The Labute approximate surface area is 93.2 Å². The van der Waals surface area contributed by atoms with Crippen LogP contribution in [0.4, 0.5) is 5.69 Å². The van der Waals surface area contributed by atoms with E-state index in [1.165, 1.54) is 25.3 Å². The molecular formula is C11H13NO4. The number of ether oxygens (including phenoxy) is 1. The number of nitro benzene ring substituents is 1. The molecular weight excluding hydrogens is 210 g/mol. The topological polar surface area (TPSA) is 69.4 Å². The number of rotatable bonds is 4. The molecule has 0 saturated heterocycles. The standard InChI is InChI=1S/C11H13NO4/c1-11(2,7-13)9-6-8(12(14)15)4-5-10(9)16-3/h4-7H,1-3H3. The van der Waals surface area contributed by atoms with Gasteiger partial charge in [-0.25, -0.2) is 0 Å². The molecule has 0 unspecified atom stereocenters. The van der Waals surface area contributed by atoms with Gasteiger partial charge in [-0.3, -0.25) is 10.1 Å². The first-order valence-electron chi connectivity index (χ1n) is 4.71. The van der Waals surface area contributed by atoms with E-state index >= 15 is 0 Å². The summed E-state index contributed by atoms with van der Waals surface area (Å²) < 4.78 is 5.09. The number of benzene rings is 1. The maximum Gasteiger partial charge on any atom is 0.270 e. The summed E-state index contributed by atoms with van der Waals surface area (Å²) in [5.41, 5.74) is -0.345. The molecule has 5 heteroatoms. The highest BCUT2D eigenvalue weighted by molar-refractivity contribution is 5.70. The highest BCUT2D eigenvalue weighted by Gasteiger charge is 2.26. The van der Waals surface area contributed by atoms with E-state index in [9.17, 15) is 14.9 Å². The van der Waals surface area contributed by atoms with E-state index in [4.69, 9.17) is 4.74 Å². The van der Waals surface area contributed by atoms with Crippen LogP contribution in [0.2, 0.25) is 0 Å². The molecule has 0 aromatic heterocycles. The summed E-state index contributed by atoms with van der Waals surface area (Å²) in [6.45, 7) is 3.36. The second-order valence-electron chi connectivity index (χ2n) is 3.98. The maximum atomic E-state index is 11.0. The van der Waals surface area contributed by atoms with Crippen molar-refractivity contribution >= 4 is 12.0 Å². The predicted octanol–water partition coefficient (Wildman–Crippen LogP) is 2.08. The third-order valence-corrected chi connectivity index (χ3v) is 2.38. The van der Waals surface area contributed by atoms with Gasteiger partial charge in [0.25, 0.3) is 5.69 Å². The van der Waals surface area contributed by atoms with Gasteiger partial charge < -0.3 is 9.53 Å². The van der Waals surface area contributed by atoms with E-state index in [2.05, 4.69) is 0 Å². The van der Waals surface area contributed by atoms with Crippen LogP contribution in [-0.4, -0.2) is 18.3 Å². The fourth-order valence-corrected chi connectivity index (χ4v) is 1.38. The van der Waals surface area contributed by atoms with Gasteiger partial charge in [-0.15, -0.1) is 0 Å². The summed E-state index contributed by atoms with van der Waals surface area (Å²) in [7, 11) is 1.46. The Balaban J connectivity index is 3.38. The minimum Gasteiger partial charge on any atom is -0.496 e. The molecule has 0 saturated carbocycles. The zero-order chi connectivity index (χ0) is 12.3. The second-order valence-corrected chi connectivity index (χ2v) is 3.98. The van der Waals surface area contributed by atoms with E-state index in [0.717, 1.165) is 6.29 Å². The van der Waals surface area contributed by atoms with Crippen molar-refractivity contribution in [3.05, 3.63) is 33.9 Å². The number of methoxy groups -OCH3 is 1. The van der Waals surface area contributed by atoms with Crippen molar-refractivity contribution in [3.8, 4) is 5.75 Å². The maximum absolute atomic E-state index is 11.0. The average molecular weight is 223 g/mol. The smallest absolute Gasteiger partial charge is 0.270 e. The molecule has 1 aromatic carbocycles. The first-order chi connectivity index (χ1) is 7.42. The van der Waals surface area contributed by atoms with Gasteiger partial charge in [0.15, 0.2) is 0 Å². The summed E-state index contributed by atoms with van der Waals surface area (Å²) in [6, 6.07) is 4.22. The van der Waals surface area contributed by atoms with Gasteiger partial charge in [0.2, 0.25) is 0 Å². The summed E-state index contributed by atoms with van der Waals surface area (Å²) in [6.07, 6.45) is 0.745. The fourth-order valence-electron chi connectivity index (χ4n) is 1.38. The molecule has 0 fully saturated rings. The Morgan fingerprint density at radius 1 is 1.44 bits per heavy atom. The second kappa shape index (κ2) is 4.30. The van der Waals surface area contributed by atoms with E-state index in [1.54, 1.807) is 13.8 Å². The third-order valence-electron chi connectivity index (χ3n) is 2.38. The molecule has 86 valence electrons. The lowest BCUT2D eigenvalue weighted by molar-refractivity contribution is -0.385. The Bertz CT molecular complexity index is 426. The number of nitro groups is 1. The van der Waals surface area contributed by atoms with Gasteiger partial charge in [0.1, 0.15) is 12.0 Å². The number of hydrogen-bond acceptors (Lipinski definition) is 4. The SMILES string of the molecule is COc1ccc([N+](=O)[O-])cc1C(C)(C)C=O. The molecule has 0 aliphatic rings. The van der Waals surface area contributed by atoms with E-state index < -0.39 is 10.3 Å². The molecule has 0 heterocycles. The predicted molar refractivity (Wildman–Crippen MR) is 58.7 cm³/mol. The Kier molecular flexibility index (Phi) is 3.27. The Hall–Kier alpha value is -1.91. The summed E-state index contributed by atoms with van der Waals surface area (Å²) in [5.74, 6) is 0.475. The number of hydrogen-bond donors (Lipinski definition) is 0. The van der Waals surface area contributed by atoms with E-state index in [1.807, 2.05) is 0 Å². The fraction of sp³-hybridized carbons (Fsp3) is 0.364. The van der Waals surface area contributed by atoms with Gasteiger partial charge in [-0.2, -0.15) is 0 Å². The Morgan fingerprint density at radius 3 is 2.50 bits per heavy atom. The zero-order valence-corrected chi connectivity index (χ0v) is 9.39. The average Bonchev–Trinajstić information content (AvgIpc) is 2.28. The van der Waals surface area contributed by atoms with Crippen molar-refractivity contribution in [2.45, 2.75) is 19.3 Å². The van der Waals surface area contributed by atoms with Gasteiger partial charge in [0.05, 0.1) is 12.0 Å². The largest absolute Gasteiger partial charge is 0.496 e. The van der Waals surface area contributed by atoms with Gasteiger partial charge in [-0.05, 0) is 19.9 Å². The van der Waals surface area contributed by atoms with Gasteiger partial charge in [0, 0.05) is 23.1 Å². The minimum absolute atomic E-state index is 0.0503. The first kappa shape index (κ1) is 12.2. The van der Waals surface area contributed by atoms with E-state index in [0.29, 0.717) is 11.3 Å². The van der Waals surface area contributed by atoms with Crippen LogP contribution < -0.4 is 4.74 Å². The minimum atomic E-state index is -0.808. The van der Waals surface area contributed by atoms with Crippen LogP contribution in [0.1, 0.15) is 19.4 Å². The van der Waals surface area contributed by atoms with Gasteiger partial charge >= 0.3 is 0 Å². The van der Waals surface area contributed by atoms with E-state index in [-0.39, 0.29) is 5.69 Å². The van der Waals surface area contributed by atoms with Crippen LogP contribution in [0.3, 0.4) is 0 Å². The molecule has 1 rings (SSSR count). The zero-order valence-electron chi connectivity index (χ0n) is 9.39. The highest BCUT2D eigenvalue weighted by atomic mass is 16.6. The molecule has 0 aliphatic heterocycles. The van der Waals surface area contributed by atoms with Crippen molar-refractivity contribution < 1.29 is 14.5 Å². The van der Waals surface area contributed by atoms with Crippen molar-refractivity contribution in [2.75, 3.05) is 7.11 Å². The number of carbonyl (C=O) groups is 1. The number of nitrogens with zero attached hydrogens (tertiary/aromatic N) is 1. The number of non-ortho nitro benzene ring substituents is 1. The molecule has 0 atom stereocenters. The summed E-state index contributed by atoms with van der Waals surface area (Å²) in [5, 5.41) is 10.6. The lowest BCUT2D eigenvalue weighted by Gasteiger charge is -2.20. The first-order valence-corrected chi connectivity index (χ1v) is 4.71. The molecule has 0 N–H and O–H groups in total. The highest BCUT2D eigenvalue weighted by Crippen LogP contribution is 2.33. The molecule has 5 nitrogen and oxygen atoms in total. The normalized spacial score (nSPS) is 10.9. The van der Waals surface area contributed by atoms with Crippen molar-refractivity contribution in [1.82, 2.24) is 0 Å². The van der Waals surface area contributed by atoms with Crippen LogP contribution in [0, 0.1) is 10.1 Å². The molecule has 0 aliphatic carbocycles. The van der Waals surface area contributed by atoms with Crippen LogP contribution in [-0.2, 0) is 10.2 Å².